The number of aromatic nitrogens is 2. The van der Waals surface area contributed by atoms with Gasteiger partial charge < -0.3 is 19.3 Å². The number of hydrogen-bond acceptors (Lipinski definition) is 6. The second-order valence-electron chi connectivity index (χ2n) is 7.01. The number of methoxy groups -OCH3 is 1. The number of benzene rings is 2. The third-order valence-electron chi connectivity index (χ3n) is 4.70. The molecule has 0 radical (unpaired) electrons. The Hall–Kier alpha value is -4.07. The molecule has 158 valence electrons. The Labute approximate surface area is 178 Å². The lowest BCUT2D eigenvalue weighted by molar-refractivity contribution is 0.102. The van der Waals surface area contributed by atoms with Gasteiger partial charge in [-0.3, -0.25) is 9.59 Å². The molecule has 2 heterocycles. The molecule has 0 saturated carbocycles. The first-order valence-corrected chi connectivity index (χ1v) is 9.62. The molecule has 0 saturated heterocycles. The molecule has 0 spiro atoms. The van der Waals surface area contributed by atoms with Gasteiger partial charge in [-0.25, -0.2) is 4.98 Å². The molecule has 0 unspecified atom stereocenters. The monoisotopic (exact) mass is 419 g/mol. The van der Waals surface area contributed by atoms with Crippen LogP contribution in [-0.2, 0) is 6.61 Å². The number of nitrogens with one attached hydrogen (secondary N) is 1. The SMILES string of the molecule is COc1ccccc1C(=O)Nc1ccc(C)c(OCc2cc(=O)n3oc(C)cc3n2)c1. The fourth-order valence-electron chi connectivity index (χ4n) is 3.16. The zero-order valence-corrected chi connectivity index (χ0v) is 17.3. The molecule has 4 aromatic rings. The zero-order valence-electron chi connectivity index (χ0n) is 17.3. The van der Waals surface area contributed by atoms with E-state index in [0.29, 0.717) is 39.9 Å². The van der Waals surface area contributed by atoms with Crippen LogP contribution in [0.4, 0.5) is 5.69 Å². The first-order valence-electron chi connectivity index (χ1n) is 9.62. The average Bonchev–Trinajstić information content (AvgIpc) is 3.14. The highest BCUT2D eigenvalue weighted by Crippen LogP contribution is 2.25. The second-order valence-corrected chi connectivity index (χ2v) is 7.01. The Morgan fingerprint density at radius 3 is 2.71 bits per heavy atom. The summed E-state index contributed by atoms with van der Waals surface area (Å²) in [7, 11) is 1.52. The summed E-state index contributed by atoms with van der Waals surface area (Å²) in [5.74, 6) is 1.37. The Bertz CT molecular complexity index is 1320. The number of para-hydroxylation sites is 1. The highest BCUT2D eigenvalue weighted by Gasteiger charge is 2.13. The number of nitrogens with zero attached hydrogens (tertiary/aromatic N) is 2. The van der Waals surface area contributed by atoms with Crippen LogP contribution in [0.25, 0.3) is 5.65 Å². The summed E-state index contributed by atoms with van der Waals surface area (Å²) in [5, 5.41) is 2.85. The van der Waals surface area contributed by atoms with Crippen LogP contribution in [0.1, 0.15) is 27.4 Å². The zero-order chi connectivity index (χ0) is 22.0. The van der Waals surface area contributed by atoms with Gasteiger partial charge in [0.1, 0.15) is 23.9 Å². The van der Waals surface area contributed by atoms with Crippen molar-refractivity contribution in [2.24, 2.45) is 0 Å². The molecule has 1 amide bonds. The molecule has 4 rings (SSSR count). The molecule has 2 aromatic carbocycles. The van der Waals surface area contributed by atoms with Crippen LogP contribution in [-0.4, -0.2) is 22.6 Å². The summed E-state index contributed by atoms with van der Waals surface area (Å²) in [6, 6.07) is 15.4. The minimum absolute atomic E-state index is 0.0979. The maximum atomic E-state index is 12.6. The van der Waals surface area contributed by atoms with Crippen molar-refractivity contribution in [2.75, 3.05) is 12.4 Å². The van der Waals surface area contributed by atoms with Crippen LogP contribution in [0, 0.1) is 13.8 Å². The number of aryl methyl sites for hydroxylation is 2. The van der Waals surface area contributed by atoms with E-state index in [1.807, 2.05) is 13.0 Å². The van der Waals surface area contributed by atoms with E-state index < -0.39 is 0 Å². The van der Waals surface area contributed by atoms with Gasteiger partial charge in [0.2, 0.25) is 0 Å². The number of amides is 1. The van der Waals surface area contributed by atoms with Crippen LogP contribution in [0.15, 0.2) is 63.9 Å². The van der Waals surface area contributed by atoms with Gasteiger partial charge in [-0.15, -0.1) is 4.57 Å². The lowest BCUT2D eigenvalue weighted by Crippen LogP contribution is -2.15. The normalized spacial score (nSPS) is 10.8. The van der Waals surface area contributed by atoms with Crippen LogP contribution in [0.2, 0.25) is 0 Å². The fraction of sp³-hybridized carbons (Fsp3) is 0.174. The Morgan fingerprint density at radius 2 is 1.90 bits per heavy atom. The van der Waals surface area contributed by atoms with Crippen molar-refractivity contribution in [1.29, 1.82) is 0 Å². The second kappa shape index (κ2) is 8.35. The lowest BCUT2D eigenvalue weighted by Gasteiger charge is -2.13. The Morgan fingerprint density at radius 1 is 1.10 bits per heavy atom. The number of hydrogen-bond donors (Lipinski definition) is 1. The highest BCUT2D eigenvalue weighted by molar-refractivity contribution is 6.06. The van der Waals surface area contributed by atoms with E-state index in [1.54, 1.807) is 49.4 Å². The quantitative estimate of drug-likeness (QED) is 0.512. The molecule has 8 heteroatoms. The van der Waals surface area contributed by atoms with E-state index in [0.717, 1.165) is 10.1 Å². The number of carbonyl (C=O) groups excluding carboxylic acids is 1. The van der Waals surface area contributed by atoms with E-state index in [9.17, 15) is 9.59 Å². The molecule has 8 nitrogen and oxygen atoms in total. The fourth-order valence-corrected chi connectivity index (χ4v) is 3.16. The van der Waals surface area contributed by atoms with Gasteiger partial charge in [0.15, 0.2) is 5.65 Å². The molecule has 0 aliphatic rings. The van der Waals surface area contributed by atoms with E-state index in [-0.39, 0.29) is 18.1 Å². The molecule has 0 bridgehead atoms. The van der Waals surface area contributed by atoms with Crippen LogP contribution < -0.4 is 20.3 Å². The van der Waals surface area contributed by atoms with Gasteiger partial charge in [0.25, 0.3) is 11.5 Å². The van der Waals surface area contributed by atoms with Crippen LogP contribution in [0.5, 0.6) is 11.5 Å². The van der Waals surface area contributed by atoms with E-state index >= 15 is 0 Å². The Kier molecular flexibility index (Phi) is 5.44. The predicted molar refractivity (Wildman–Crippen MR) is 115 cm³/mol. The van der Waals surface area contributed by atoms with Crippen molar-refractivity contribution in [3.8, 4) is 11.5 Å². The largest absolute Gasteiger partial charge is 0.496 e. The van der Waals surface area contributed by atoms with Gasteiger partial charge in [-0.05, 0) is 37.6 Å². The van der Waals surface area contributed by atoms with Crippen molar-refractivity contribution in [3.05, 3.63) is 87.5 Å². The molecular weight excluding hydrogens is 398 g/mol. The van der Waals surface area contributed by atoms with E-state index in [1.165, 1.54) is 13.2 Å². The average molecular weight is 419 g/mol. The summed E-state index contributed by atoms with van der Waals surface area (Å²) in [4.78, 5) is 29.2. The topological polar surface area (TPSA) is 95.1 Å². The number of fused-ring (bicyclic) bond motifs is 1. The van der Waals surface area contributed by atoms with E-state index in [2.05, 4.69) is 10.3 Å². The number of carbonyl (C=O) groups is 1. The van der Waals surface area contributed by atoms with Crippen molar-refractivity contribution < 1.29 is 18.8 Å². The minimum Gasteiger partial charge on any atom is -0.496 e. The van der Waals surface area contributed by atoms with Gasteiger partial charge in [-0.1, -0.05) is 18.2 Å². The number of ether oxygens (including phenoxy) is 2. The van der Waals surface area contributed by atoms with Gasteiger partial charge in [-0.2, -0.15) is 0 Å². The molecule has 0 atom stereocenters. The minimum atomic E-state index is -0.314. The molecule has 1 N–H and O–H groups in total. The lowest BCUT2D eigenvalue weighted by atomic mass is 10.1. The van der Waals surface area contributed by atoms with E-state index in [4.69, 9.17) is 14.0 Å². The third-order valence-corrected chi connectivity index (χ3v) is 4.70. The van der Waals surface area contributed by atoms with Crippen molar-refractivity contribution in [2.45, 2.75) is 20.5 Å². The van der Waals surface area contributed by atoms with Crippen LogP contribution >= 0.6 is 0 Å². The maximum Gasteiger partial charge on any atom is 0.287 e. The standard InChI is InChI=1S/C23H21N3O5/c1-14-8-9-16(25-23(28)18-6-4-5-7-19(18)29-3)11-20(14)30-13-17-12-22(27)26-21(24-17)10-15(2)31-26/h4-12H,13H2,1-3H3,(H,25,28). The number of anilines is 1. The van der Waals surface area contributed by atoms with Crippen molar-refractivity contribution in [1.82, 2.24) is 9.56 Å². The van der Waals surface area contributed by atoms with Crippen molar-refractivity contribution >= 4 is 17.2 Å². The van der Waals surface area contributed by atoms with Gasteiger partial charge in [0, 0.05) is 23.9 Å². The van der Waals surface area contributed by atoms with Gasteiger partial charge >= 0.3 is 0 Å². The predicted octanol–water partition coefficient (Wildman–Crippen LogP) is 3.74. The summed E-state index contributed by atoms with van der Waals surface area (Å²) in [6.07, 6.45) is 0. The highest BCUT2D eigenvalue weighted by atomic mass is 16.5. The van der Waals surface area contributed by atoms with Gasteiger partial charge in [0.05, 0.1) is 18.4 Å². The smallest absolute Gasteiger partial charge is 0.287 e. The molecule has 31 heavy (non-hydrogen) atoms. The number of rotatable bonds is 6. The maximum absolute atomic E-state index is 12.6. The molecule has 2 aromatic heterocycles. The molecular formula is C23H21N3O5. The summed E-state index contributed by atoms with van der Waals surface area (Å²) in [6.45, 7) is 3.74. The molecule has 0 aliphatic carbocycles. The summed E-state index contributed by atoms with van der Waals surface area (Å²) < 4.78 is 17.6. The first-order chi connectivity index (χ1) is 14.9. The van der Waals surface area contributed by atoms with Crippen molar-refractivity contribution in [3.63, 3.8) is 0 Å². The van der Waals surface area contributed by atoms with Crippen LogP contribution in [0.3, 0.4) is 0 Å². The molecule has 0 fully saturated rings. The molecule has 0 aliphatic heterocycles. The summed E-state index contributed by atoms with van der Waals surface area (Å²) >= 11 is 0. The Balaban J connectivity index is 1.52. The third kappa shape index (κ3) is 4.28. The first kappa shape index (κ1) is 20.2. The summed E-state index contributed by atoms with van der Waals surface area (Å²) in [5.41, 5.74) is 2.48.